The minimum absolute atomic E-state index is 0.632. The molecule has 1 saturated heterocycles. The van der Waals surface area contributed by atoms with Gasteiger partial charge in [0, 0.05) is 13.1 Å². The number of anilines is 2. The lowest BCUT2D eigenvalue weighted by molar-refractivity contribution is 0.353. The van der Waals surface area contributed by atoms with Crippen molar-refractivity contribution >= 4 is 11.5 Å². The molecule has 2 unspecified atom stereocenters. The zero-order valence-corrected chi connectivity index (χ0v) is 13.9. The van der Waals surface area contributed by atoms with Crippen LogP contribution in [0, 0.1) is 23.2 Å². The fraction of sp³-hybridized carbons (Fsp3) is 0.421. The highest BCUT2D eigenvalue weighted by Gasteiger charge is 2.26. The highest BCUT2D eigenvalue weighted by atomic mass is 15.3. The average molecular weight is 308 g/mol. The van der Waals surface area contributed by atoms with Gasteiger partial charge in [-0.25, -0.2) is 0 Å². The monoisotopic (exact) mass is 308 g/mol. The van der Waals surface area contributed by atoms with Gasteiger partial charge in [0.15, 0.2) is 0 Å². The second-order valence-corrected chi connectivity index (χ2v) is 6.84. The lowest BCUT2D eigenvalue weighted by Crippen LogP contribution is -2.40. The van der Waals surface area contributed by atoms with Crippen LogP contribution in [0.2, 0.25) is 0 Å². The van der Waals surface area contributed by atoms with Crippen LogP contribution in [0.5, 0.6) is 0 Å². The summed E-state index contributed by atoms with van der Waals surface area (Å²) in [5.74, 6) is 2.29. The Kier molecular flexibility index (Phi) is 4.29. The average Bonchev–Trinajstić information content (AvgIpc) is 2.83. The standard InChI is InChI=1S/C19H24N4/c1-14-8-15(2)12-22(11-14)19-18(21)9-17(10-20)23(19)13-16-6-4-3-5-7-16/h3-7,9,14-15H,8,11-13,21H2,1-2H3. The van der Waals surface area contributed by atoms with Crippen LogP contribution in [0.15, 0.2) is 36.4 Å². The molecule has 0 saturated carbocycles. The smallest absolute Gasteiger partial charge is 0.133 e. The number of benzene rings is 1. The predicted molar refractivity (Wildman–Crippen MR) is 94.3 cm³/mol. The Morgan fingerprint density at radius 3 is 2.43 bits per heavy atom. The molecule has 23 heavy (non-hydrogen) atoms. The lowest BCUT2D eigenvalue weighted by atomic mass is 9.92. The molecule has 3 rings (SSSR count). The summed E-state index contributed by atoms with van der Waals surface area (Å²) in [5, 5.41) is 9.49. The Morgan fingerprint density at radius 2 is 1.83 bits per heavy atom. The van der Waals surface area contributed by atoms with Gasteiger partial charge >= 0.3 is 0 Å². The molecule has 1 aromatic heterocycles. The molecule has 1 fully saturated rings. The van der Waals surface area contributed by atoms with E-state index in [9.17, 15) is 5.26 Å². The number of nitriles is 1. The number of piperidine rings is 1. The molecule has 0 aliphatic carbocycles. The fourth-order valence-electron chi connectivity index (χ4n) is 3.77. The molecule has 0 bridgehead atoms. The van der Waals surface area contributed by atoms with Gasteiger partial charge in [-0.2, -0.15) is 5.26 Å². The van der Waals surface area contributed by atoms with E-state index in [1.54, 1.807) is 0 Å². The van der Waals surface area contributed by atoms with Crippen LogP contribution in [0.4, 0.5) is 11.5 Å². The molecule has 1 aromatic carbocycles. The van der Waals surface area contributed by atoms with Gasteiger partial charge in [0.25, 0.3) is 0 Å². The molecule has 2 atom stereocenters. The number of rotatable bonds is 3. The molecule has 4 nitrogen and oxygen atoms in total. The summed E-state index contributed by atoms with van der Waals surface area (Å²) in [6.45, 7) is 7.25. The first-order chi connectivity index (χ1) is 11.1. The Labute approximate surface area is 138 Å². The first-order valence-electron chi connectivity index (χ1n) is 8.26. The van der Waals surface area contributed by atoms with Gasteiger partial charge in [-0.15, -0.1) is 0 Å². The van der Waals surface area contributed by atoms with Gasteiger partial charge in [0.05, 0.1) is 12.2 Å². The van der Waals surface area contributed by atoms with Gasteiger partial charge in [-0.1, -0.05) is 44.2 Å². The van der Waals surface area contributed by atoms with Gasteiger partial charge in [-0.05, 0) is 29.9 Å². The number of aromatic nitrogens is 1. The summed E-state index contributed by atoms with van der Waals surface area (Å²) >= 11 is 0. The SMILES string of the molecule is CC1CC(C)CN(c2c(N)cc(C#N)n2Cc2ccccc2)C1. The summed E-state index contributed by atoms with van der Waals surface area (Å²) < 4.78 is 2.06. The Hall–Kier alpha value is -2.41. The molecule has 1 aliphatic rings. The summed E-state index contributed by atoms with van der Waals surface area (Å²) in [6, 6.07) is 14.3. The van der Waals surface area contributed by atoms with E-state index in [-0.39, 0.29) is 0 Å². The first kappa shape index (κ1) is 15.5. The number of nitrogens with two attached hydrogens (primary N) is 1. The van der Waals surface area contributed by atoms with E-state index in [2.05, 4.69) is 41.5 Å². The van der Waals surface area contributed by atoms with Crippen LogP contribution < -0.4 is 10.6 Å². The highest BCUT2D eigenvalue weighted by Crippen LogP contribution is 2.33. The number of nitrogens with zero attached hydrogens (tertiary/aromatic N) is 3. The van der Waals surface area contributed by atoms with E-state index in [0.29, 0.717) is 29.8 Å². The zero-order valence-electron chi connectivity index (χ0n) is 13.9. The maximum Gasteiger partial charge on any atom is 0.133 e. The maximum atomic E-state index is 9.49. The van der Waals surface area contributed by atoms with Crippen LogP contribution in [-0.4, -0.2) is 17.7 Å². The highest BCUT2D eigenvalue weighted by molar-refractivity contribution is 5.68. The number of hydrogen-bond donors (Lipinski definition) is 1. The van der Waals surface area contributed by atoms with Crippen molar-refractivity contribution in [1.29, 1.82) is 5.26 Å². The van der Waals surface area contributed by atoms with Crippen molar-refractivity contribution in [3.05, 3.63) is 47.7 Å². The van der Waals surface area contributed by atoms with E-state index < -0.39 is 0 Å². The lowest BCUT2D eigenvalue weighted by Gasteiger charge is -2.37. The number of nitrogen functional groups attached to an aromatic ring is 1. The summed E-state index contributed by atoms with van der Waals surface area (Å²) in [7, 11) is 0. The molecular weight excluding hydrogens is 284 g/mol. The molecule has 0 spiro atoms. The Morgan fingerprint density at radius 1 is 1.17 bits per heavy atom. The first-order valence-corrected chi connectivity index (χ1v) is 8.26. The van der Waals surface area contributed by atoms with Crippen molar-refractivity contribution < 1.29 is 0 Å². The molecule has 120 valence electrons. The van der Waals surface area contributed by atoms with E-state index in [4.69, 9.17) is 5.73 Å². The topological polar surface area (TPSA) is 58.0 Å². The maximum absolute atomic E-state index is 9.49. The Bertz CT molecular complexity index is 701. The van der Waals surface area contributed by atoms with Crippen LogP contribution in [0.3, 0.4) is 0 Å². The van der Waals surface area contributed by atoms with Crippen molar-refractivity contribution in [3.8, 4) is 6.07 Å². The van der Waals surface area contributed by atoms with Gasteiger partial charge in [-0.3, -0.25) is 0 Å². The second kappa shape index (κ2) is 6.37. The van der Waals surface area contributed by atoms with Crippen LogP contribution in [-0.2, 0) is 6.54 Å². The van der Waals surface area contributed by atoms with Gasteiger partial charge < -0.3 is 15.2 Å². The molecular formula is C19H24N4. The van der Waals surface area contributed by atoms with Crippen molar-refractivity contribution in [1.82, 2.24) is 4.57 Å². The predicted octanol–water partition coefficient (Wildman–Crippen LogP) is 3.47. The van der Waals surface area contributed by atoms with Gasteiger partial charge in [0.2, 0.25) is 0 Å². The zero-order chi connectivity index (χ0) is 16.4. The molecule has 2 N–H and O–H groups in total. The molecule has 0 amide bonds. The minimum Gasteiger partial charge on any atom is -0.396 e. The molecule has 4 heteroatoms. The van der Waals surface area contributed by atoms with Gasteiger partial charge in [0.1, 0.15) is 17.6 Å². The van der Waals surface area contributed by atoms with E-state index in [1.165, 1.54) is 12.0 Å². The third-order valence-electron chi connectivity index (χ3n) is 4.56. The summed E-state index contributed by atoms with van der Waals surface area (Å²) in [5.41, 5.74) is 8.80. The van der Waals surface area contributed by atoms with Crippen molar-refractivity contribution in [2.75, 3.05) is 23.7 Å². The van der Waals surface area contributed by atoms with E-state index >= 15 is 0 Å². The van der Waals surface area contributed by atoms with E-state index in [1.807, 2.05) is 24.3 Å². The number of hydrogen-bond acceptors (Lipinski definition) is 3. The summed E-state index contributed by atoms with van der Waals surface area (Å²) in [4.78, 5) is 2.36. The molecule has 2 heterocycles. The molecule has 1 aliphatic heterocycles. The summed E-state index contributed by atoms with van der Waals surface area (Å²) in [6.07, 6.45) is 1.25. The van der Waals surface area contributed by atoms with E-state index in [0.717, 1.165) is 18.9 Å². The second-order valence-electron chi connectivity index (χ2n) is 6.84. The van der Waals surface area contributed by atoms with Crippen molar-refractivity contribution in [2.45, 2.75) is 26.8 Å². The molecule has 2 aromatic rings. The Balaban J connectivity index is 1.99. The quantitative estimate of drug-likeness (QED) is 0.944. The van der Waals surface area contributed by atoms with Crippen molar-refractivity contribution in [2.24, 2.45) is 11.8 Å². The molecule has 0 radical (unpaired) electrons. The van der Waals surface area contributed by atoms with Crippen LogP contribution in [0.1, 0.15) is 31.5 Å². The largest absolute Gasteiger partial charge is 0.396 e. The van der Waals surface area contributed by atoms with Crippen molar-refractivity contribution in [3.63, 3.8) is 0 Å². The fourth-order valence-corrected chi connectivity index (χ4v) is 3.77. The van der Waals surface area contributed by atoms with Crippen LogP contribution >= 0.6 is 0 Å². The normalized spacial score (nSPS) is 21.2. The van der Waals surface area contributed by atoms with Crippen LogP contribution in [0.25, 0.3) is 0 Å². The third-order valence-corrected chi connectivity index (χ3v) is 4.56. The third kappa shape index (κ3) is 3.19. The minimum atomic E-state index is 0.632.